The Morgan fingerprint density at radius 2 is 2.25 bits per heavy atom. The Balaban J connectivity index is 1.96. The van der Waals surface area contributed by atoms with Crippen LogP contribution in [0.4, 0.5) is 6.01 Å². The molecule has 4 nitrogen and oxygen atoms in total. The summed E-state index contributed by atoms with van der Waals surface area (Å²) in [5, 5.41) is 10.6. The van der Waals surface area contributed by atoms with Crippen LogP contribution in [-0.4, -0.2) is 10.2 Å². The number of halogens is 1. The predicted octanol–water partition coefficient (Wildman–Crippen LogP) is 2.73. The third kappa shape index (κ3) is 2.73. The van der Waals surface area contributed by atoms with Crippen molar-refractivity contribution in [2.75, 3.05) is 5.32 Å². The Hall–Kier alpha value is -1.55. The minimum absolute atomic E-state index is 0.235. The maximum Gasteiger partial charge on any atom is 0.315 e. The van der Waals surface area contributed by atoms with Crippen molar-refractivity contribution in [1.82, 2.24) is 10.2 Å². The van der Waals surface area contributed by atoms with Crippen molar-refractivity contribution in [2.24, 2.45) is 0 Å². The molecule has 2 rings (SSSR count). The summed E-state index contributed by atoms with van der Waals surface area (Å²) in [4.78, 5) is 0. The van der Waals surface area contributed by atoms with Gasteiger partial charge in [0.05, 0.1) is 0 Å². The number of anilines is 1. The third-order valence-electron chi connectivity index (χ3n) is 2.11. The van der Waals surface area contributed by atoms with Crippen molar-refractivity contribution < 1.29 is 4.42 Å². The number of rotatable bonds is 4. The summed E-state index contributed by atoms with van der Waals surface area (Å²) in [6.45, 7) is 2.72. The van der Waals surface area contributed by atoms with Crippen LogP contribution in [0, 0.1) is 6.92 Å². The first kappa shape index (κ1) is 11.0. The van der Waals surface area contributed by atoms with Gasteiger partial charge in [-0.1, -0.05) is 34.9 Å². The van der Waals surface area contributed by atoms with Crippen LogP contribution in [0.15, 0.2) is 28.7 Å². The third-order valence-corrected chi connectivity index (χ3v) is 2.34. The van der Waals surface area contributed by atoms with Crippen LogP contribution >= 0.6 is 11.6 Å². The maximum atomic E-state index is 5.55. The SMILES string of the molecule is Cc1cccc(CNc2nnc(CCl)o2)c1. The van der Waals surface area contributed by atoms with E-state index in [1.54, 1.807) is 0 Å². The molecule has 1 aromatic heterocycles. The fourth-order valence-electron chi connectivity index (χ4n) is 1.38. The normalized spacial score (nSPS) is 10.4. The van der Waals surface area contributed by atoms with E-state index in [4.69, 9.17) is 16.0 Å². The Morgan fingerprint density at radius 3 is 2.94 bits per heavy atom. The van der Waals surface area contributed by atoms with E-state index in [9.17, 15) is 0 Å². The molecule has 0 amide bonds. The molecule has 0 bridgehead atoms. The average Bonchev–Trinajstić information content (AvgIpc) is 2.74. The molecule has 5 heteroatoms. The van der Waals surface area contributed by atoms with E-state index in [1.165, 1.54) is 11.1 Å². The van der Waals surface area contributed by atoms with Gasteiger partial charge in [0, 0.05) is 6.54 Å². The lowest BCUT2D eigenvalue weighted by molar-refractivity contribution is 0.525. The van der Waals surface area contributed by atoms with E-state index in [2.05, 4.69) is 34.6 Å². The zero-order chi connectivity index (χ0) is 11.4. The van der Waals surface area contributed by atoms with Crippen LogP contribution < -0.4 is 5.32 Å². The summed E-state index contributed by atoms with van der Waals surface area (Å²) >= 11 is 5.55. The van der Waals surface area contributed by atoms with Crippen LogP contribution in [0.1, 0.15) is 17.0 Å². The molecule has 0 atom stereocenters. The fourth-order valence-corrected chi connectivity index (χ4v) is 1.49. The molecule has 0 unspecified atom stereocenters. The average molecular weight is 238 g/mol. The number of nitrogens with one attached hydrogen (secondary N) is 1. The highest BCUT2D eigenvalue weighted by atomic mass is 35.5. The summed E-state index contributed by atoms with van der Waals surface area (Å²) in [6.07, 6.45) is 0. The Morgan fingerprint density at radius 1 is 1.38 bits per heavy atom. The van der Waals surface area contributed by atoms with Crippen LogP contribution in [0.2, 0.25) is 0 Å². The zero-order valence-corrected chi connectivity index (χ0v) is 9.66. The fraction of sp³-hybridized carbons (Fsp3) is 0.273. The van der Waals surface area contributed by atoms with Gasteiger partial charge in [-0.15, -0.1) is 16.7 Å². The molecule has 0 saturated carbocycles. The van der Waals surface area contributed by atoms with E-state index in [-0.39, 0.29) is 5.88 Å². The Labute approximate surface area is 98.6 Å². The second-order valence-corrected chi connectivity index (χ2v) is 3.74. The van der Waals surface area contributed by atoms with Gasteiger partial charge in [0.15, 0.2) is 0 Å². The highest BCUT2D eigenvalue weighted by molar-refractivity contribution is 6.16. The second-order valence-electron chi connectivity index (χ2n) is 3.48. The smallest absolute Gasteiger partial charge is 0.315 e. The predicted molar refractivity (Wildman–Crippen MR) is 62.4 cm³/mol. The number of hydrogen-bond donors (Lipinski definition) is 1. The van der Waals surface area contributed by atoms with Crippen LogP contribution in [0.3, 0.4) is 0 Å². The van der Waals surface area contributed by atoms with E-state index in [0.29, 0.717) is 18.5 Å². The van der Waals surface area contributed by atoms with Crippen molar-refractivity contribution in [3.05, 3.63) is 41.3 Å². The summed E-state index contributed by atoms with van der Waals surface area (Å²) < 4.78 is 5.22. The molecule has 2 aromatic rings. The standard InChI is InChI=1S/C11H12ClN3O/c1-8-3-2-4-9(5-8)7-13-11-15-14-10(6-12)16-11/h2-5H,6-7H2,1H3,(H,13,15). The van der Waals surface area contributed by atoms with Gasteiger partial charge in [-0.05, 0) is 12.5 Å². The molecule has 0 aliphatic carbocycles. The van der Waals surface area contributed by atoms with E-state index < -0.39 is 0 Å². The largest absolute Gasteiger partial charge is 0.407 e. The lowest BCUT2D eigenvalue weighted by atomic mass is 10.1. The van der Waals surface area contributed by atoms with E-state index in [0.717, 1.165) is 0 Å². The lowest BCUT2D eigenvalue weighted by Gasteiger charge is -2.02. The van der Waals surface area contributed by atoms with Crippen molar-refractivity contribution >= 4 is 17.6 Å². The molecule has 0 saturated heterocycles. The van der Waals surface area contributed by atoms with Crippen molar-refractivity contribution in [3.63, 3.8) is 0 Å². The molecule has 1 heterocycles. The number of aromatic nitrogens is 2. The first-order chi connectivity index (χ1) is 7.78. The number of alkyl halides is 1. The van der Waals surface area contributed by atoms with Crippen molar-refractivity contribution in [1.29, 1.82) is 0 Å². The van der Waals surface area contributed by atoms with Gasteiger partial charge in [0.2, 0.25) is 5.89 Å². The molecular formula is C11H12ClN3O. The molecule has 1 aromatic carbocycles. The quantitative estimate of drug-likeness (QED) is 0.831. The number of benzene rings is 1. The molecule has 0 aliphatic rings. The molecule has 1 N–H and O–H groups in total. The van der Waals surface area contributed by atoms with Crippen molar-refractivity contribution in [3.8, 4) is 0 Å². The molecule has 0 aliphatic heterocycles. The summed E-state index contributed by atoms with van der Waals surface area (Å²) in [5.41, 5.74) is 2.40. The van der Waals surface area contributed by atoms with E-state index >= 15 is 0 Å². The molecule has 0 spiro atoms. The van der Waals surface area contributed by atoms with Crippen LogP contribution in [0.25, 0.3) is 0 Å². The first-order valence-electron chi connectivity index (χ1n) is 4.95. The minimum Gasteiger partial charge on any atom is -0.407 e. The number of hydrogen-bond acceptors (Lipinski definition) is 4. The number of nitrogens with zero attached hydrogens (tertiary/aromatic N) is 2. The first-order valence-corrected chi connectivity index (χ1v) is 5.49. The van der Waals surface area contributed by atoms with E-state index in [1.807, 2.05) is 12.1 Å². The van der Waals surface area contributed by atoms with Crippen LogP contribution in [-0.2, 0) is 12.4 Å². The Bertz CT molecular complexity index is 470. The van der Waals surface area contributed by atoms with Gasteiger partial charge in [-0.3, -0.25) is 0 Å². The summed E-state index contributed by atoms with van der Waals surface area (Å²) in [5.74, 6) is 0.660. The topological polar surface area (TPSA) is 51.0 Å². The Kier molecular flexibility index (Phi) is 3.41. The lowest BCUT2D eigenvalue weighted by Crippen LogP contribution is -1.99. The van der Waals surface area contributed by atoms with Gasteiger partial charge in [0.25, 0.3) is 0 Å². The highest BCUT2D eigenvalue weighted by Gasteiger charge is 2.03. The summed E-state index contributed by atoms with van der Waals surface area (Å²) in [7, 11) is 0. The van der Waals surface area contributed by atoms with Crippen molar-refractivity contribution in [2.45, 2.75) is 19.3 Å². The zero-order valence-electron chi connectivity index (χ0n) is 8.90. The second kappa shape index (κ2) is 4.99. The molecule has 0 radical (unpaired) electrons. The minimum atomic E-state index is 0.235. The molecule has 0 fully saturated rings. The maximum absolute atomic E-state index is 5.55. The number of aryl methyl sites for hydroxylation is 1. The monoisotopic (exact) mass is 237 g/mol. The van der Waals surface area contributed by atoms with Gasteiger partial charge in [-0.25, -0.2) is 0 Å². The van der Waals surface area contributed by atoms with Gasteiger partial charge in [0.1, 0.15) is 5.88 Å². The molecule has 84 valence electrons. The van der Waals surface area contributed by atoms with Crippen LogP contribution in [0.5, 0.6) is 0 Å². The molecular weight excluding hydrogens is 226 g/mol. The summed E-state index contributed by atoms with van der Waals surface area (Å²) in [6, 6.07) is 8.62. The molecule has 16 heavy (non-hydrogen) atoms. The van der Waals surface area contributed by atoms with Gasteiger partial charge >= 0.3 is 6.01 Å². The van der Waals surface area contributed by atoms with Gasteiger partial charge < -0.3 is 9.73 Å². The highest BCUT2D eigenvalue weighted by Crippen LogP contribution is 2.10. The van der Waals surface area contributed by atoms with Gasteiger partial charge in [-0.2, -0.15) is 0 Å².